The molecule has 3 aliphatic heterocycles. The van der Waals surface area contributed by atoms with Crippen LogP contribution in [0.2, 0.25) is 0 Å². The van der Waals surface area contributed by atoms with Crippen LogP contribution in [0.5, 0.6) is 5.75 Å². The molecule has 1 spiro atoms. The number of amides is 1. The van der Waals surface area contributed by atoms with Crippen molar-refractivity contribution in [1.82, 2.24) is 10.3 Å². The molecule has 0 radical (unpaired) electrons. The third-order valence-corrected chi connectivity index (χ3v) is 7.40. The minimum Gasteiger partial charge on any atom is -0.439 e. The second-order valence-corrected chi connectivity index (χ2v) is 9.93. The maximum atomic E-state index is 13.0. The minimum atomic E-state index is -1.12. The molecule has 0 saturated carbocycles. The van der Waals surface area contributed by atoms with Gasteiger partial charge in [-0.25, -0.2) is 5.01 Å². The number of carbonyl (C=O) groups is 1. The molecule has 5 nitrogen and oxygen atoms in total. The van der Waals surface area contributed by atoms with Gasteiger partial charge in [0.25, 0.3) is 5.91 Å². The number of thioether (sulfide) groups is 1. The van der Waals surface area contributed by atoms with Gasteiger partial charge >= 0.3 is 5.18 Å². The SMILES string of the molecule is O=C1NC2(Oc3ccccc3C3CC(c4ccccc4)=NN32)S/C1=C\c1cccc(Br)c1. The van der Waals surface area contributed by atoms with Crippen molar-refractivity contribution in [3.8, 4) is 5.75 Å². The molecule has 1 N–H and O–H groups in total. The smallest absolute Gasteiger partial charge is 0.336 e. The number of hydrogen-bond acceptors (Lipinski definition) is 5. The maximum absolute atomic E-state index is 13.0. The van der Waals surface area contributed by atoms with E-state index in [0.717, 1.165) is 39.0 Å². The number of nitrogens with one attached hydrogen (secondary N) is 1. The van der Waals surface area contributed by atoms with Crippen molar-refractivity contribution in [3.05, 3.63) is 105 Å². The molecule has 158 valence electrons. The van der Waals surface area contributed by atoms with E-state index in [1.54, 1.807) is 0 Å². The number of halogens is 1. The van der Waals surface area contributed by atoms with Gasteiger partial charge < -0.3 is 4.74 Å². The molecule has 6 rings (SSSR count). The molecule has 2 atom stereocenters. The molecule has 3 aliphatic rings. The standard InChI is InChI=1S/C25H18BrN3O2S/c26-18-10-6-7-16(13-18)14-23-24(30)27-25(32-23)29-21(19-11-4-5-12-22(19)31-25)15-20(28-29)17-8-2-1-3-9-17/h1-14,21H,15H2,(H,27,30)/b23-14-. The van der Waals surface area contributed by atoms with E-state index >= 15 is 0 Å². The molecule has 3 aromatic rings. The fraction of sp³-hybridized carbons (Fsp3) is 0.120. The van der Waals surface area contributed by atoms with E-state index in [-0.39, 0.29) is 11.9 Å². The number of carbonyl (C=O) groups excluding carboxylic acids is 1. The lowest BCUT2D eigenvalue weighted by Gasteiger charge is -2.43. The first-order chi connectivity index (χ1) is 15.6. The van der Waals surface area contributed by atoms with Crippen molar-refractivity contribution in [2.75, 3.05) is 0 Å². The average Bonchev–Trinajstić information content (AvgIpc) is 3.38. The quantitative estimate of drug-likeness (QED) is 0.468. The third-order valence-electron chi connectivity index (χ3n) is 5.74. The molecule has 0 bridgehead atoms. The highest BCUT2D eigenvalue weighted by Crippen LogP contribution is 2.53. The first kappa shape index (κ1) is 19.6. The molecule has 32 heavy (non-hydrogen) atoms. The van der Waals surface area contributed by atoms with Crippen LogP contribution in [0.15, 0.2) is 93.3 Å². The van der Waals surface area contributed by atoms with Crippen molar-refractivity contribution < 1.29 is 9.53 Å². The molecule has 0 aromatic heterocycles. The number of fused-ring (bicyclic) bond motifs is 4. The van der Waals surface area contributed by atoms with Gasteiger partial charge in [-0.2, -0.15) is 5.10 Å². The molecule has 3 heterocycles. The molecule has 0 aliphatic carbocycles. The summed E-state index contributed by atoms with van der Waals surface area (Å²) in [6.07, 6.45) is 2.63. The molecule has 1 amide bonds. The highest BCUT2D eigenvalue weighted by molar-refractivity contribution is 9.10. The monoisotopic (exact) mass is 503 g/mol. The maximum Gasteiger partial charge on any atom is 0.336 e. The summed E-state index contributed by atoms with van der Waals surface area (Å²) >= 11 is 4.85. The van der Waals surface area contributed by atoms with Gasteiger partial charge in [0.2, 0.25) is 0 Å². The van der Waals surface area contributed by atoms with Crippen LogP contribution >= 0.6 is 27.7 Å². The summed E-state index contributed by atoms with van der Waals surface area (Å²) in [5.41, 5.74) is 4.08. The summed E-state index contributed by atoms with van der Waals surface area (Å²) in [6.45, 7) is 0. The zero-order valence-electron chi connectivity index (χ0n) is 16.9. The number of hydrazone groups is 1. The first-order valence-electron chi connectivity index (χ1n) is 10.3. The number of rotatable bonds is 2. The highest BCUT2D eigenvalue weighted by Gasteiger charge is 2.57. The van der Waals surface area contributed by atoms with Gasteiger partial charge in [-0.15, -0.1) is 0 Å². The minimum absolute atomic E-state index is 0.0202. The van der Waals surface area contributed by atoms with Crippen molar-refractivity contribution >= 4 is 45.4 Å². The van der Waals surface area contributed by atoms with Crippen molar-refractivity contribution in [3.63, 3.8) is 0 Å². The zero-order valence-corrected chi connectivity index (χ0v) is 19.3. The van der Waals surface area contributed by atoms with E-state index in [1.807, 2.05) is 71.7 Å². The summed E-state index contributed by atoms with van der Waals surface area (Å²) in [5, 5.41) is 8.84. The Morgan fingerprint density at radius 1 is 1.09 bits per heavy atom. The van der Waals surface area contributed by atoms with Gasteiger partial charge in [-0.3, -0.25) is 10.1 Å². The second-order valence-electron chi connectivity index (χ2n) is 7.82. The van der Waals surface area contributed by atoms with Gasteiger partial charge in [0.15, 0.2) is 0 Å². The molecular weight excluding hydrogens is 486 g/mol. The van der Waals surface area contributed by atoms with E-state index < -0.39 is 5.18 Å². The molecule has 2 unspecified atom stereocenters. The Balaban J connectivity index is 1.43. The highest BCUT2D eigenvalue weighted by atomic mass is 79.9. The summed E-state index contributed by atoms with van der Waals surface area (Å²) in [6, 6.07) is 26.0. The summed E-state index contributed by atoms with van der Waals surface area (Å²) < 4.78 is 7.40. The molecule has 3 aromatic carbocycles. The largest absolute Gasteiger partial charge is 0.439 e. The van der Waals surface area contributed by atoms with Gasteiger partial charge in [0.05, 0.1) is 16.7 Å². The number of hydrogen-bond donors (Lipinski definition) is 1. The lowest BCUT2D eigenvalue weighted by Crippen LogP contribution is -2.58. The fourth-order valence-corrected chi connectivity index (χ4v) is 5.88. The Kier molecular flexibility index (Phi) is 4.62. The number of benzene rings is 3. The van der Waals surface area contributed by atoms with E-state index in [9.17, 15) is 4.79 Å². The zero-order chi connectivity index (χ0) is 21.7. The second kappa shape index (κ2) is 7.53. The van der Waals surface area contributed by atoms with Gasteiger partial charge in [0.1, 0.15) is 5.75 Å². The van der Waals surface area contributed by atoms with E-state index in [1.165, 1.54) is 11.8 Å². The normalized spacial score (nSPS) is 24.7. The topological polar surface area (TPSA) is 53.9 Å². The first-order valence-corrected chi connectivity index (χ1v) is 11.9. The van der Waals surface area contributed by atoms with Crippen LogP contribution in [0.4, 0.5) is 0 Å². The van der Waals surface area contributed by atoms with Crippen LogP contribution in [0, 0.1) is 0 Å². The fourth-order valence-electron chi connectivity index (χ4n) is 4.29. The van der Waals surface area contributed by atoms with E-state index in [2.05, 4.69) is 39.4 Å². The molecule has 7 heteroatoms. The van der Waals surface area contributed by atoms with Gasteiger partial charge in [-0.05, 0) is 47.2 Å². The van der Waals surface area contributed by atoms with Crippen molar-refractivity contribution in [1.29, 1.82) is 0 Å². The Morgan fingerprint density at radius 2 is 1.91 bits per heavy atom. The summed E-state index contributed by atoms with van der Waals surface area (Å²) in [4.78, 5) is 13.6. The predicted octanol–water partition coefficient (Wildman–Crippen LogP) is 5.51. The molecule has 1 saturated heterocycles. The van der Waals surface area contributed by atoms with Gasteiger partial charge in [0, 0.05) is 16.5 Å². The van der Waals surface area contributed by atoms with Crippen LogP contribution in [0.3, 0.4) is 0 Å². The lowest BCUT2D eigenvalue weighted by molar-refractivity contribution is -0.127. The number of nitrogens with zero attached hydrogens (tertiary/aromatic N) is 2. The van der Waals surface area contributed by atoms with Gasteiger partial charge in [-0.1, -0.05) is 76.6 Å². The van der Waals surface area contributed by atoms with Crippen LogP contribution in [0.1, 0.15) is 29.2 Å². The molecule has 1 fully saturated rings. The van der Waals surface area contributed by atoms with Crippen LogP contribution in [0.25, 0.3) is 6.08 Å². The van der Waals surface area contributed by atoms with Crippen LogP contribution < -0.4 is 10.1 Å². The summed E-state index contributed by atoms with van der Waals surface area (Å²) in [7, 11) is 0. The Labute approximate surface area is 198 Å². The van der Waals surface area contributed by atoms with Crippen molar-refractivity contribution in [2.24, 2.45) is 5.10 Å². The predicted molar refractivity (Wildman–Crippen MR) is 130 cm³/mol. The van der Waals surface area contributed by atoms with E-state index in [0.29, 0.717) is 4.91 Å². The Bertz CT molecular complexity index is 1290. The number of para-hydroxylation sites is 1. The molecular formula is C25H18BrN3O2S. The average molecular weight is 504 g/mol. The van der Waals surface area contributed by atoms with E-state index in [4.69, 9.17) is 9.84 Å². The van der Waals surface area contributed by atoms with Crippen LogP contribution in [-0.4, -0.2) is 21.8 Å². The van der Waals surface area contributed by atoms with Crippen LogP contribution in [-0.2, 0) is 4.79 Å². The summed E-state index contributed by atoms with van der Waals surface area (Å²) in [5.74, 6) is 0.603. The number of ether oxygens (including phenoxy) is 1. The third kappa shape index (κ3) is 3.24. The Morgan fingerprint density at radius 3 is 2.75 bits per heavy atom. The lowest BCUT2D eigenvalue weighted by atomic mass is 9.97. The van der Waals surface area contributed by atoms with Crippen molar-refractivity contribution in [2.45, 2.75) is 17.6 Å². The Hall–Kier alpha value is -3.03.